The van der Waals surface area contributed by atoms with Crippen LogP contribution in [0.15, 0.2) is 85.3 Å². The molecule has 5 rings (SSSR count). The van der Waals surface area contributed by atoms with E-state index in [1.807, 2.05) is 73.9 Å². The topological polar surface area (TPSA) is 75.1 Å². The molecule has 7 nitrogen and oxygen atoms in total. The van der Waals surface area contributed by atoms with Crippen molar-refractivity contribution in [3.8, 4) is 5.82 Å². The number of carbonyl (C=O) groups excluding carboxylic acids is 1. The van der Waals surface area contributed by atoms with E-state index < -0.39 is 0 Å². The van der Waals surface area contributed by atoms with Crippen molar-refractivity contribution in [2.24, 2.45) is 0 Å². The lowest BCUT2D eigenvalue weighted by Gasteiger charge is -2.29. The highest BCUT2D eigenvalue weighted by molar-refractivity contribution is 7.80. The van der Waals surface area contributed by atoms with Gasteiger partial charge in [-0.2, -0.15) is 0 Å². The third-order valence-electron chi connectivity index (χ3n) is 5.79. The largest absolute Gasteiger partial charge is 0.351 e. The van der Waals surface area contributed by atoms with Crippen LogP contribution in [0.4, 0.5) is 11.4 Å². The lowest BCUT2D eigenvalue weighted by atomic mass is 10.0. The second-order valence-electron chi connectivity index (χ2n) is 8.22. The van der Waals surface area contributed by atoms with Crippen LogP contribution < -0.4 is 15.5 Å². The number of rotatable bonds is 5. The summed E-state index contributed by atoms with van der Waals surface area (Å²) in [7, 11) is 0. The molecule has 170 valence electrons. The predicted octanol–water partition coefficient (Wildman–Crippen LogP) is 4.71. The van der Waals surface area contributed by atoms with Crippen LogP contribution in [0.5, 0.6) is 0 Å². The SMILES string of the molecule is CC(=O)Nc1ccc(N2C(=S)N[C@H](c3ccccn3)[C@H]2c2cccn2-c2ccc(C)cn2)cc1. The molecule has 1 saturated heterocycles. The Morgan fingerprint density at radius 3 is 2.53 bits per heavy atom. The van der Waals surface area contributed by atoms with Gasteiger partial charge >= 0.3 is 0 Å². The third-order valence-corrected chi connectivity index (χ3v) is 6.10. The summed E-state index contributed by atoms with van der Waals surface area (Å²) in [5, 5.41) is 6.91. The van der Waals surface area contributed by atoms with E-state index in [1.165, 1.54) is 6.92 Å². The Morgan fingerprint density at radius 2 is 1.85 bits per heavy atom. The molecule has 4 heterocycles. The Morgan fingerprint density at radius 1 is 1.03 bits per heavy atom. The van der Waals surface area contributed by atoms with Crippen LogP contribution in [0.1, 0.15) is 36.0 Å². The van der Waals surface area contributed by atoms with Crippen LogP contribution in [0.3, 0.4) is 0 Å². The number of hydrogen-bond donors (Lipinski definition) is 2. The highest BCUT2D eigenvalue weighted by atomic mass is 32.1. The minimum absolute atomic E-state index is 0.109. The van der Waals surface area contributed by atoms with Crippen molar-refractivity contribution in [2.75, 3.05) is 10.2 Å². The summed E-state index contributed by atoms with van der Waals surface area (Å²) >= 11 is 5.82. The van der Waals surface area contributed by atoms with E-state index in [4.69, 9.17) is 12.2 Å². The van der Waals surface area contributed by atoms with Gasteiger partial charge in [-0.25, -0.2) is 4.98 Å². The van der Waals surface area contributed by atoms with E-state index >= 15 is 0 Å². The molecule has 34 heavy (non-hydrogen) atoms. The first-order chi connectivity index (χ1) is 16.5. The number of pyridine rings is 2. The number of anilines is 2. The average Bonchev–Trinajstić information content (AvgIpc) is 3.45. The molecule has 0 spiro atoms. The summed E-state index contributed by atoms with van der Waals surface area (Å²) in [4.78, 5) is 22.8. The van der Waals surface area contributed by atoms with Gasteiger partial charge in [0.2, 0.25) is 5.91 Å². The molecule has 1 fully saturated rings. The molecule has 1 aliphatic heterocycles. The number of thiocarbonyl (C=S) groups is 1. The van der Waals surface area contributed by atoms with Crippen molar-refractivity contribution in [3.63, 3.8) is 0 Å². The Bertz CT molecular complexity index is 1320. The second-order valence-corrected chi connectivity index (χ2v) is 8.61. The summed E-state index contributed by atoms with van der Waals surface area (Å²) in [6, 6.07) is 21.4. The zero-order valence-corrected chi connectivity index (χ0v) is 19.7. The van der Waals surface area contributed by atoms with Crippen molar-refractivity contribution >= 4 is 34.6 Å². The van der Waals surface area contributed by atoms with E-state index in [9.17, 15) is 4.79 Å². The summed E-state index contributed by atoms with van der Waals surface area (Å²) in [5.74, 6) is 0.728. The van der Waals surface area contributed by atoms with E-state index in [0.717, 1.165) is 34.1 Å². The highest BCUT2D eigenvalue weighted by Gasteiger charge is 2.42. The predicted molar refractivity (Wildman–Crippen MR) is 137 cm³/mol. The smallest absolute Gasteiger partial charge is 0.221 e. The Labute approximate surface area is 203 Å². The van der Waals surface area contributed by atoms with Gasteiger partial charge in [-0.15, -0.1) is 0 Å². The monoisotopic (exact) mass is 468 g/mol. The molecule has 2 N–H and O–H groups in total. The molecular weight excluding hydrogens is 444 g/mol. The number of aromatic nitrogens is 3. The van der Waals surface area contributed by atoms with Gasteiger partial charge in [-0.1, -0.05) is 12.1 Å². The third kappa shape index (κ3) is 4.15. The first kappa shape index (κ1) is 21.8. The van der Waals surface area contributed by atoms with Crippen LogP contribution in [-0.2, 0) is 4.79 Å². The summed E-state index contributed by atoms with van der Waals surface area (Å²) in [5.41, 5.74) is 4.69. The second kappa shape index (κ2) is 9.07. The number of hydrogen-bond acceptors (Lipinski definition) is 4. The quantitative estimate of drug-likeness (QED) is 0.413. The van der Waals surface area contributed by atoms with Crippen LogP contribution in [0.2, 0.25) is 0 Å². The van der Waals surface area contributed by atoms with Gasteiger partial charge in [0.1, 0.15) is 11.9 Å². The molecule has 8 heteroatoms. The molecule has 0 aliphatic carbocycles. The van der Waals surface area contributed by atoms with Crippen LogP contribution >= 0.6 is 12.2 Å². The maximum Gasteiger partial charge on any atom is 0.221 e. The van der Waals surface area contributed by atoms with E-state index in [-0.39, 0.29) is 18.0 Å². The number of benzene rings is 1. The number of aryl methyl sites for hydroxylation is 1. The van der Waals surface area contributed by atoms with Gasteiger partial charge in [-0.05, 0) is 79.3 Å². The van der Waals surface area contributed by atoms with Crippen LogP contribution in [0, 0.1) is 6.92 Å². The molecule has 1 aliphatic rings. The van der Waals surface area contributed by atoms with Gasteiger partial charge in [0.15, 0.2) is 5.11 Å². The Balaban J connectivity index is 1.61. The fourth-order valence-electron chi connectivity index (χ4n) is 4.29. The number of nitrogens with zero attached hydrogens (tertiary/aromatic N) is 4. The fourth-order valence-corrected chi connectivity index (χ4v) is 4.63. The summed E-state index contributed by atoms with van der Waals surface area (Å²) in [6.07, 6.45) is 5.68. The molecule has 2 atom stereocenters. The maximum absolute atomic E-state index is 11.4. The number of nitrogens with one attached hydrogen (secondary N) is 2. The zero-order chi connectivity index (χ0) is 23.7. The van der Waals surface area contributed by atoms with Gasteiger partial charge in [0, 0.05) is 42.6 Å². The van der Waals surface area contributed by atoms with Crippen LogP contribution in [-0.4, -0.2) is 25.6 Å². The van der Waals surface area contributed by atoms with Crippen molar-refractivity contribution in [3.05, 3.63) is 102 Å². The molecule has 4 aromatic rings. The molecular formula is C26H24N6OS. The first-order valence-electron chi connectivity index (χ1n) is 11.0. The normalized spacial score (nSPS) is 17.5. The van der Waals surface area contributed by atoms with Crippen molar-refractivity contribution in [1.82, 2.24) is 19.9 Å². The fraction of sp³-hybridized carbons (Fsp3) is 0.154. The van der Waals surface area contributed by atoms with E-state index in [1.54, 1.807) is 6.20 Å². The summed E-state index contributed by atoms with van der Waals surface area (Å²) < 4.78 is 2.09. The lowest BCUT2D eigenvalue weighted by molar-refractivity contribution is -0.114. The number of carbonyl (C=O) groups is 1. The molecule has 1 aromatic carbocycles. The summed E-state index contributed by atoms with van der Waals surface area (Å²) in [6.45, 7) is 3.52. The van der Waals surface area contributed by atoms with E-state index in [2.05, 4.69) is 42.2 Å². The van der Waals surface area contributed by atoms with Crippen molar-refractivity contribution < 1.29 is 4.79 Å². The van der Waals surface area contributed by atoms with Crippen molar-refractivity contribution in [2.45, 2.75) is 25.9 Å². The molecule has 1 amide bonds. The van der Waals surface area contributed by atoms with Gasteiger partial charge in [0.25, 0.3) is 0 Å². The van der Waals surface area contributed by atoms with Gasteiger partial charge < -0.3 is 20.1 Å². The zero-order valence-electron chi connectivity index (χ0n) is 18.8. The van der Waals surface area contributed by atoms with E-state index in [0.29, 0.717) is 5.11 Å². The van der Waals surface area contributed by atoms with Crippen LogP contribution in [0.25, 0.3) is 5.82 Å². The minimum Gasteiger partial charge on any atom is -0.351 e. The molecule has 0 bridgehead atoms. The maximum atomic E-state index is 11.4. The first-order valence-corrected chi connectivity index (χ1v) is 11.4. The minimum atomic E-state index is -0.174. The van der Waals surface area contributed by atoms with Gasteiger partial charge in [0.05, 0.1) is 11.7 Å². The molecule has 0 unspecified atom stereocenters. The Hall–Kier alpha value is -4.04. The molecule has 3 aromatic heterocycles. The molecule has 0 saturated carbocycles. The number of amides is 1. The lowest BCUT2D eigenvalue weighted by Crippen LogP contribution is -2.30. The molecule has 0 radical (unpaired) electrons. The Kier molecular flexibility index (Phi) is 5.81. The van der Waals surface area contributed by atoms with Gasteiger partial charge in [-0.3, -0.25) is 9.78 Å². The van der Waals surface area contributed by atoms with Crippen molar-refractivity contribution in [1.29, 1.82) is 0 Å². The standard InChI is InChI=1S/C26H24N6OS/c1-17-8-13-23(28-16-17)31-15-5-7-22(31)25-24(21-6-3-4-14-27-21)30-26(34)32(25)20-11-9-19(10-12-20)29-18(2)33/h3-16,24-25H,1-2H3,(H,29,33)(H,30,34)/t24-,25-/m1/s1. The highest BCUT2D eigenvalue weighted by Crippen LogP contribution is 2.42. The average molecular weight is 469 g/mol.